The van der Waals surface area contributed by atoms with Gasteiger partial charge in [0.15, 0.2) is 0 Å². The van der Waals surface area contributed by atoms with E-state index >= 15 is 0 Å². The molecule has 0 saturated heterocycles. The van der Waals surface area contributed by atoms with Crippen LogP contribution in [0, 0.1) is 0 Å². The van der Waals surface area contributed by atoms with Crippen LogP contribution in [-0.2, 0) is 5.41 Å². The lowest BCUT2D eigenvalue weighted by Gasteiger charge is -2.44. The van der Waals surface area contributed by atoms with E-state index in [2.05, 4.69) is 76.2 Å². The number of hydrogen-bond donors (Lipinski definition) is 0. The Morgan fingerprint density at radius 2 is 1.46 bits per heavy atom. The number of aromatic nitrogens is 1. The van der Waals surface area contributed by atoms with Crippen molar-refractivity contribution < 1.29 is 0 Å². The number of benzene rings is 2. The summed E-state index contributed by atoms with van der Waals surface area (Å²) in [6.45, 7) is 8.98. The van der Waals surface area contributed by atoms with E-state index in [0.29, 0.717) is 0 Å². The number of hydrogen-bond acceptors (Lipinski definition) is 2. The highest BCUT2D eigenvalue weighted by Gasteiger charge is 2.43. The van der Waals surface area contributed by atoms with E-state index < -0.39 is 0 Å². The molecule has 2 heterocycles. The Labute approximate surface area is 143 Å². The Morgan fingerprint density at radius 3 is 2.29 bits per heavy atom. The summed E-state index contributed by atoms with van der Waals surface area (Å²) in [7, 11) is 0. The van der Waals surface area contributed by atoms with Crippen LogP contribution in [-0.4, -0.2) is 16.2 Å². The molecule has 0 atom stereocenters. The molecule has 2 nitrogen and oxygen atoms in total. The summed E-state index contributed by atoms with van der Waals surface area (Å²) in [5.41, 5.74) is 5.29. The number of nitrogens with zero attached hydrogens (tertiary/aromatic N) is 2. The van der Waals surface area contributed by atoms with E-state index in [1.54, 1.807) is 0 Å². The van der Waals surface area contributed by atoms with Crippen molar-refractivity contribution in [2.75, 3.05) is 0 Å². The Balaban J connectivity index is 1.98. The van der Waals surface area contributed by atoms with E-state index in [9.17, 15) is 0 Å². The third kappa shape index (κ3) is 2.10. The van der Waals surface area contributed by atoms with Gasteiger partial charge in [-0.15, -0.1) is 0 Å². The minimum Gasteiger partial charge on any atom is -0.275 e. The molecule has 120 valence electrons. The van der Waals surface area contributed by atoms with Gasteiger partial charge >= 0.3 is 0 Å². The summed E-state index contributed by atoms with van der Waals surface area (Å²) in [6, 6.07) is 21.1. The smallest absolute Gasteiger partial charge is 0.0913 e. The predicted molar refractivity (Wildman–Crippen MR) is 101 cm³/mol. The minimum absolute atomic E-state index is 0.0239. The molecule has 0 fully saturated rings. The van der Waals surface area contributed by atoms with Gasteiger partial charge in [0.25, 0.3) is 0 Å². The van der Waals surface area contributed by atoms with Crippen LogP contribution in [0.5, 0.6) is 0 Å². The first-order valence-electron chi connectivity index (χ1n) is 8.46. The molecule has 0 amide bonds. The maximum Gasteiger partial charge on any atom is 0.0913 e. The summed E-state index contributed by atoms with van der Waals surface area (Å²) in [5, 5.41) is 1.16. The van der Waals surface area contributed by atoms with Crippen molar-refractivity contribution in [2.45, 2.75) is 38.6 Å². The lowest BCUT2D eigenvalue weighted by atomic mass is 9.66. The molecule has 1 aromatic heterocycles. The molecule has 3 aromatic rings. The first-order valence-corrected chi connectivity index (χ1v) is 8.46. The van der Waals surface area contributed by atoms with Crippen molar-refractivity contribution in [3.8, 4) is 0 Å². The van der Waals surface area contributed by atoms with Gasteiger partial charge in [0, 0.05) is 16.4 Å². The zero-order valence-electron chi connectivity index (χ0n) is 14.7. The van der Waals surface area contributed by atoms with Crippen LogP contribution >= 0.6 is 0 Å². The normalized spacial score (nSPS) is 18.1. The second kappa shape index (κ2) is 5.01. The van der Waals surface area contributed by atoms with E-state index in [1.165, 1.54) is 11.1 Å². The first kappa shape index (κ1) is 15.1. The van der Waals surface area contributed by atoms with Crippen molar-refractivity contribution >= 4 is 16.6 Å². The topological polar surface area (TPSA) is 25.2 Å². The maximum atomic E-state index is 5.14. The van der Waals surface area contributed by atoms with Crippen LogP contribution in [0.1, 0.15) is 44.5 Å². The highest BCUT2D eigenvalue weighted by atomic mass is 14.9. The predicted octanol–water partition coefficient (Wildman–Crippen LogP) is 5.14. The lowest BCUT2D eigenvalue weighted by molar-refractivity contribution is 0.303. The summed E-state index contributed by atoms with van der Waals surface area (Å²) >= 11 is 0. The zero-order valence-corrected chi connectivity index (χ0v) is 14.7. The standard InChI is InChI=1S/C22H22N2/c1-21(2)17-11-7-6-10-16(17)20(24-22(21,3)4)19-14-13-15-9-5-8-12-18(15)23-19/h5-14H,1-4H3. The van der Waals surface area contributed by atoms with Gasteiger partial charge < -0.3 is 0 Å². The zero-order chi connectivity index (χ0) is 16.9. The van der Waals surface area contributed by atoms with Gasteiger partial charge in [-0.25, -0.2) is 4.98 Å². The van der Waals surface area contributed by atoms with Crippen LogP contribution in [0.2, 0.25) is 0 Å². The molecule has 1 aliphatic heterocycles. The van der Waals surface area contributed by atoms with Crippen LogP contribution in [0.15, 0.2) is 65.7 Å². The van der Waals surface area contributed by atoms with Crippen LogP contribution in [0.3, 0.4) is 0 Å². The van der Waals surface area contributed by atoms with Gasteiger partial charge in [0.2, 0.25) is 0 Å². The molecule has 0 saturated carbocycles. The molecule has 0 radical (unpaired) electrons. The van der Waals surface area contributed by atoms with E-state index in [4.69, 9.17) is 9.98 Å². The van der Waals surface area contributed by atoms with Crippen molar-refractivity contribution in [1.82, 2.24) is 4.98 Å². The lowest BCUT2D eigenvalue weighted by Crippen LogP contribution is -2.46. The number of rotatable bonds is 1. The van der Waals surface area contributed by atoms with Crippen molar-refractivity contribution in [3.05, 3.63) is 77.5 Å². The second-order valence-electron chi connectivity index (χ2n) is 7.58. The third-order valence-corrected chi connectivity index (χ3v) is 5.62. The number of para-hydroxylation sites is 1. The SMILES string of the molecule is CC1(C)N=C(c2ccc3ccccc3n2)c2ccccc2C1(C)C. The fourth-order valence-corrected chi connectivity index (χ4v) is 3.44. The largest absolute Gasteiger partial charge is 0.275 e. The van der Waals surface area contributed by atoms with Gasteiger partial charge in [-0.05, 0) is 31.5 Å². The van der Waals surface area contributed by atoms with E-state index in [0.717, 1.165) is 22.3 Å². The summed E-state index contributed by atoms with van der Waals surface area (Å²) in [4.78, 5) is 10.0. The highest BCUT2D eigenvalue weighted by molar-refractivity contribution is 6.14. The minimum atomic E-state index is -0.190. The van der Waals surface area contributed by atoms with Gasteiger partial charge in [-0.3, -0.25) is 4.99 Å². The fraction of sp³-hybridized carbons (Fsp3) is 0.273. The Hall–Kier alpha value is -2.48. The summed E-state index contributed by atoms with van der Waals surface area (Å²) < 4.78 is 0. The molecular formula is C22H22N2. The summed E-state index contributed by atoms with van der Waals surface area (Å²) in [5.74, 6) is 0. The van der Waals surface area contributed by atoms with Gasteiger partial charge in [-0.1, -0.05) is 62.4 Å². The van der Waals surface area contributed by atoms with Crippen LogP contribution in [0.4, 0.5) is 0 Å². The second-order valence-corrected chi connectivity index (χ2v) is 7.58. The Morgan fingerprint density at radius 1 is 0.750 bits per heavy atom. The fourth-order valence-electron chi connectivity index (χ4n) is 3.44. The van der Waals surface area contributed by atoms with Crippen molar-refractivity contribution in [1.29, 1.82) is 0 Å². The number of fused-ring (bicyclic) bond motifs is 2. The monoisotopic (exact) mass is 314 g/mol. The molecule has 0 unspecified atom stereocenters. The van der Waals surface area contributed by atoms with Crippen molar-refractivity contribution in [3.63, 3.8) is 0 Å². The number of pyridine rings is 1. The van der Waals surface area contributed by atoms with Crippen LogP contribution in [0.25, 0.3) is 10.9 Å². The molecule has 0 aliphatic carbocycles. The third-order valence-electron chi connectivity index (χ3n) is 5.62. The summed E-state index contributed by atoms with van der Waals surface area (Å²) in [6.07, 6.45) is 0. The molecular weight excluding hydrogens is 292 g/mol. The van der Waals surface area contributed by atoms with Gasteiger partial charge in [0.05, 0.1) is 22.5 Å². The Bertz CT molecular complexity index is 964. The number of aliphatic imine (C=N–C) groups is 1. The van der Waals surface area contributed by atoms with Crippen molar-refractivity contribution in [2.24, 2.45) is 4.99 Å². The first-order chi connectivity index (χ1) is 11.4. The van der Waals surface area contributed by atoms with Gasteiger partial charge in [-0.2, -0.15) is 0 Å². The van der Waals surface area contributed by atoms with Crippen LogP contribution < -0.4 is 0 Å². The molecule has 0 bridgehead atoms. The average Bonchev–Trinajstić information content (AvgIpc) is 2.58. The maximum absolute atomic E-state index is 5.14. The molecule has 24 heavy (non-hydrogen) atoms. The molecule has 0 N–H and O–H groups in total. The average molecular weight is 314 g/mol. The molecule has 0 spiro atoms. The van der Waals surface area contributed by atoms with E-state index in [-0.39, 0.29) is 11.0 Å². The molecule has 2 aromatic carbocycles. The highest BCUT2D eigenvalue weighted by Crippen LogP contribution is 2.43. The van der Waals surface area contributed by atoms with Gasteiger partial charge in [0.1, 0.15) is 0 Å². The quantitative estimate of drug-likeness (QED) is 0.610. The molecule has 4 rings (SSSR count). The molecule has 2 heteroatoms. The van der Waals surface area contributed by atoms with E-state index in [1.807, 2.05) is 12.1 Å². The Kier molecular flexibility index (Phi) is 3.14. The molecule has 1 aliphatic rings.